The van der Waals surface area contributed by atoms with Gasteiger partial charge in [-0.25, -0.2) is 4.98 Å². The average molecular weight is 293 g/mol. The molecule has 0 aliphatic carbocycles. The summed E-state index contributed by atoms with van der Waals surface area (Å²) in [4.78, 5) is 4.40. The molecule has 0 spiro atoms. The third-order valence-electron chi connectivity index (χ3n) is 3.54. The van der Waals surface area contributed by atoms with Crippen molar-refractivity contribution in [3.05, 3.63) is 53.9 Å². The van der Waals surface area contributed by atoms with Gasteiger partial charge in [-0.2, -0.15) is 5.26 Å². The maximum atomic E-state index is 8.99. The molecule has 0 N–H and O–H groups in total. The van der Waals surface area contributed by atoms with Crippen LogP contribution in [0.2, 0.25) is 0 Å². The van der Waals surface area contributed by atoms with E-state index in [0.29, 0.717) is 23.6 Å². The van der Waals surface area contributed by atoms with Gasteiger partial charge in [-0.1, -0.05) is 12.1 Å². The first-order chi connectivity index (χ1) is 10.7. The molecule has 5 nitrogen and oxygen atoms in total. The fourth-order valence-corrected chi connectivity index (χ4v) is 2.45. The lowest BCUT2D eigenvalue weighted by Gasteiger charge is -2.09. The van der Waals surface area contributed by atoms with Crippen molar-refractivity contribution in [2.75, 3.05) is 14.2 Å². The van der Waals surface area contributed by atoms with Gasteiger partial charge >= 0.3 is 0 Å². The van der Waals surface area contributed by atoms with Crippen LogP contribution in [0.3, 0.4) is 0 Å². The maximum absolute atomic E-state index is 8.99. The van der Waals surface area contributed by atoms with Crippen molar-refractivity contribution in [3.63, 3.8) is 0 Å². The van der Waals surface area contributed by atoms with Gasteiger partial charge in [0.05, 0.1) is 43.2 Å². The molecule has 2 aromatic carbocycles. The van der Waals surface area contributed by atoms with E-state index in [-0.39, 0.29) is 0 Å². The number of aromatic nitrogens is 2. The Morgan fingerprint density at radius 3 is 2.64 bits per heavy atom. The molecule has 0 unspecified atom stereocenters. The highest BCUT2D eigenvalue weighted by Gasteiger charge is 2.10. The summed E-state index contributed by atoms with van der Waals surface area (Å²) < 4.78 is 12.7. The van der Waals surface area contributed by atoms with Gasteiger partial charge in [0, 0.05) is 18.7 Å². The lowest BCUT2D eigenvalue weighted by Crippen LogP contribution is -1.99. The highest BCUT2D eigenvalue weighted by atomic mass is 16.5. The predicted molar refractivity (Wildman–Crippen MR) is 83.1 cm³/mol. The number of nitrogens with zero attached hydrogens (tertiary/aromatic N) is 3. The third-order valence-corrected chi connectivity index (χ3v) is 3.54. The maximum Gasteiger partial charge on any atom is 0.163 e. The summed E-state index contributed by atoms with van der Waals surface area (Å²) in [6.07, 6.45) is 1.78. The van der Waals surface area contributed by atoms with Crippen LogP contribution in [0.5, 0.6) is 11.5 Å². The number of nitriles is 1. The van der Waals surface area contributed by atoms with Crippen molar-refractivity contribution in [1.82, 2.24) is 9.55 Å². The van der Waals surface area contributed by atoms with Gasteiger partial charge in [0.25, 0.3) is 0 Å². The summed E-state index contributed by atoms with van der Waals surface area (Å²) in [6.45, 7) is 0.640. The van der Waals surface area contributed by atoms with Crippen molar-refractivity contribution < 1.29 is 9.47 Å². The highest BCUT2D eigenvalue weighted by molar-refractivity contribution is 5.80. The van der Waals surface area contributed by atoms with E-state index in [1.165, 1.54) is 0 Å². The second-order valence-electron chi connectivity index (χ2n) is 4.88. The van der Waals surface area contributed by atoms with Gasteiger partial charge in [0.2, 0.25) is 0 Å². The van der Waals surface area contributed by atoms with Gasteiger partial charge in [-0.3, -0.25) is 0 Å². The van der Waals surface area contributed by atoms with Crippen LogP contribution in [0.1, 0.15) is 11.1 Å². The molecule has 0 bridgehead atoms. The lowest BCUT2D eigenvalue weighted by atomic mass is 10.1. The molecule has 0 saturated heterocycles. The van der Waals surface area contributed by atoms with Crippen LogP contribution in [0, 0.1) is 11.3 Å². The largest absolute Gasteiger partial charge is 0.493 e. The molecule has 110 valence electrons. The third kappa shape index (κ3) is 2.47. The highest BCUT2D eigenvalue weighted by Crippen LogP contribution is 2.31. The van der Waals surface area contributed by atoms with E-state index in [2.05, 4.69) is 11.1 Å². The van der Waals surface area contributed by atoms with Crippen molar-refractivity contribution in [2.45, 2.75) is 6.54 Å². The van der Waals surface area contributed by atoms with Gasteiger partial charge in [-0.15, -0.1) is 0 Å². The fraction of sp³-hybridized carbons (Fsp3) is 0.176. The number of hydrogen-bond donors (Lipinski definition) is 0. The van der Waals surface area contributed by atoms with Crippen LogP contribution >= 0.6 is 0 Å². The molecule has 0 radical (unpaired) electrons. The van der Waals surface area contributed by atoms with Gasteiger partial charge in [0.15, 0.2) is 11.5 Å². The van der Waals surface area contributed by atoms with E-state index in [1.807, 2.05) is 34.9 Å². The van der Waals surface area contributed by atoms with Gasteiger partial charge < -0.3 is 14.0 Å². The number of rotatable bonds is 4. The van der Waals surface area contributed by atoms with E-state index in [4.69, 9.17) is 14.7 Å². The lowest BCUT2D eigenvalue weighted by molar-refractivity contribution is 0.355. The molecular weight excluding hydrogens is 278 g/mol. The van der Waals surface area contributed by atoms with Crippen LogP contribution < -0.4 is 9.47 Å². The Labute approximate surface area is 128 Å². The Balaban J connectivity index is 2.02. The van der Waals surface area contributed by atoms with Crippen LogP contribution in [-0.4, -0.2) is 23.8 Å². The first-order valence-electron chi connectivity index (χ1n) is 6.81. The zero-order chi connectivity index (χ0) is 15.5. The molecular formula is C17H15N3O2. The molecule has 0 atom stereocenters. The average Bonchev–Trinajstić information content (AvgIpc) is 2.95. The van der Waals surface area contributed by atoms with Gasteiger partial charge in [0.1, 0.15) is 0 Å². The zero-order valence-corrected chi connectivity index (χ0v) is 12.4. The molecule has 0 aliphatic rings. The monoisotopic (exact) mass is 293 g/mol. The van der Waals surface area contributed by atoms with E-state index in [1.54, 1.807) is 26.6 Å². The molecule has 0 aliphatic heterocycles. The summed E-state index contributed by atoms with van der Waals surface area (Å²) in [5, 5.41) is 8.99. The zero-order valence-electron chi connectivity index (χ0n) is 12.4. The standard InChI is InChI=1S/C17H15N3O2/c1-21-16-7-14-15(8-17(16)22-2)20(11-19-14)10-13-5-3-4-12(6-13)9-18/h3-8,11H,10H2,1-2H3. The minimum atomic E-state index is 0.640. The van der Waals surface area contributed by atoms with Crippen molar-refractivity contribution in [2.24, 2.45) is 0 Å². The molecule has 3 rings (SSSR count). The number of benzene rings is 2. The van der Waals surface area contributed by atoms with E-state index < -0.39 is 0 Å². The molecule has 0 saturated carbocycles. The van der Waals surface area contributed by atoms with Crippen LogP contribution in [-0.2, 0) is 6.54 Å². The Bertz CT molecular complexity index is 862. The van der Waals surface area contributed by atoms with E-state index >= 15 is 0 Å². The Hall–Kier alpha value is -3.00. The van der Waals surface area contributed by atoms with Crippen LogP contribution in [0.25, 0.3) is 11.0 Å². The predicted octanol–water partition coefficient (Wildman–Crippen LogP) is 2.97. The molecule has 0 amide bonds. The number of hydrogen-bond acceptors (Lipinski definition) is 4. The van der Waals surface area contributed by atoms with Crippen LogP contribution in [0.15, 0.2) is 42.7 Å². The molecule has 5 heteroatoms. The van der Waals surface area contributed by atoms with E-state index in [0.717, 1.165) is 16.6 Å². The smallest absolute Gasteiger partial charge is 0.163 e. The Kier molecular flexibility index (Phi) is 3.67. The van der Waals surface area contributed by atoms with Crippen LogP contribution in [0.4, 0.5) is 0 Å². The van der Waals surface area contributed by atoms with Crippen molar-refractivity contribution in [1.29, 1.82) is 5.26 Å². The minimum absolute atomic E-state index is 0.640. The number of imidazole rings is 1. The SMILES string of the molecule is COc1cc2ncn(Cc3cccc(C#N)c3)c2cc1OC. The minimum Gasteiger partial charge on any atom is -0.493 e. The summed E-state index contributed by atoms with van der Waals surface area (Å²) >= 11 is 0. The summed E-state index contributed by atoms with van der Waals surface area (Å²) in [6, 6.07) is 13.5. The Morgan fingerprint density at radius 1 is 1.14 bits per heavy atom. The number of ether oxygens (including phenoxy) is 2. The fourth-order valence-electron chi connectivity index (χ4n) is 2.45. The molecule has 22 heavy (non-hydrogen) atoms. The van der Waals surface area contributed by atoms with Crippen molar-refractivity contribution in [3.8, 4) is 17.6 Å². The molecule has 0 fully saturated rings. The van der Waals surface area contributed by atoms with E-state index in [9.17, 15) is 0 Å². The molecule has 1 aromatic heterocycles. The number of fused-ring (bicyclic) bond motifs is 1. The second-order valence-corrected chi connectivity index (χ2v) is 4.88. The normalized spacial score (nSPS) is 10.4. The quantitative estimate of drug-likeness (QED) is 0.742. The summed E-state index contributed by atoms with van der Waals surface area (Å²) in [7, 11) is 3.22. The molecule has 3 aromatic rings. The molecule has 1 heterocycles. The van der Waals surface area contributed by atoms with Gasteiger partial charge in [-0.05, 0) is 17.7 Å². The topological polar surface area (TPSA) is 60.1 Å². The summed E-state index contributed by atoms with van der Waals surface area (Å²) in [5.41, 5.74) is 3.50. The summed E-state index contributed by atoms with van der Waals surface area (Å²) in [5.74, 6) is 1.33. The Morgan fingerprint density at radius 2 is 1.91 bits per heavy atom. The first kappa shape index (κ1) is 14.0. The van der Waals surface area contributed by atoms with Crippen molar-refractivity contribution >= 4 is 11.0 Å². The number of methoxy groups -OCH3 is 2. The first-order valence-corrected chi connectivity index (χ1v) is 6.81. The second kappa shape index (κ2) is 5.78.